The molecule has 1 N–H and O–H groups in total. The molecule has 126 valence electrons. The molecule has 0 unspecified atom stereocenters. The number of nitrogens with one attached hydrogen (secondary N) is 1. The molecule has 0 spiro atoms. The number of rotatable bonds is 6. The molecule has 0 saturated heterocycles. The first-order valence-corrected chi connectivity index (χ1v) is 8.39. The summed E-state index contributed by atoms with van der Waals surface area (Å²) in [6.07, 6.45) is 0. The van der Waals surface area contributed by atoms with Gasteiger partial charge in [-0.1, -0.05) is 35.9 Å². The number of hydrogen-bond donors (Lipinski definition) is 1. The lowest BCUT2D eigenvalue weighted by molar-refractivity contribution is -0.122. The van der Waals surface area contributed by atoms with E-state index in [1.807, 2.05) is 56.3 Å². The number of benzene rings is 2. The number of aryl methyl sites for hydroxylation is 1. The summed E-state index contributed by atoms with van der Waals surface area (Å²) in [7, 11) is 0. The number of carbonyl (C=O) groups is 2. The molecular weight excluding hydrogens is 324 g/mol. The summed E-state index contributed by atoms with van der Waals surface area (Å²) in [4.78, 5) is 25.0. The summed E-state index contributed by atoms with van der Waals surface area (Å²) in [6, 6.07) is 16.4. The Morgan fingerprint density at radius 2 is 1.75 bits per heavy atom. The molecule has 0 heterocycles. The quantitative estimate of drug-likeness (QED) is 0.813. The average Bonchev–Trinajstić information content (AvgIpc) is 2.60. The van der Waals surface area contributed by atoms with Gasteiger partial charge in [-0.15, -0.1) is 0 Å². The number of imide groups is 1. The largest absolute Gasteiger partial charge is 0.484 e. The molecule has 5 nitrogen and oxygen atoms in total. The van der Waals surface area contributed by atoms with E-state index in [9.17, 15) is 9.59 Å². The zero-order chi connectivity index (χ0) is 17.4. The monoisotopic (exact) mass is 344 g/mol. The van der Waals surface area contributed by atoms with Gasteiger partial charge in [0, 0.05) is 11.4 Å². The van der Waals surface area contributed by atoms with E-state index in [0.29, 0.717) is 12.3 Å². The third kappa shape index (κ3) is 5.62. The Morgan fingerprint density at radius 3 is 2.38 bits per heavy atom. The smallest absolute Gasteiger partial charge is 0.334 e. The summed E-state index contributed by atoms with van der Waals surface area (Å²) < 4.78 is 6.85. The minimum absolute atomic E-state index is 0.206. The molecular formula is C18H20N2O3S. The maximum absolute atomic E-state index is 12.2. The maximum Gasteiger partial charge on any atom is 0.334 e. The highest BCUT2D eigenvalue weighted by molar-refractivity contribution is 7.97. The van der Waals surface area contributed by atoms with Gasteiger partial charge in [-0.25, -0.2) is 4.79 Å². The number of amides is 3. The standard InChI is InChI=1S/C18H20N2O3S/c1-3-20(24-16-7-5-4-6-8-16)18(22)19-17(21)13-23-15-11-9-14(2)10-12-15/h4-12H,3,13H2,1-2H3,(H,19,21,22). The highest BCUT2D eigenvalue weighted by atomic mass is 32.2. The van der Waals surface area contributed by atoms with Crippen LogP contribution in [0.1, 0.15) is 12.5 Å². The van der Waals surface area contributed by atoms with Crippen molar-refractivity contribution < 1.29 is 14.3 Å². The van der Waals surface area contributed by atoms with E-state index in [1.165, 1.54) is 16.3 Å². The highest BCUT2D eigenvalue weighted by Gasteiger charge is 2.16. The van der Waals surface area contributed by atoms with Crippen LogP contribution in [0.2, 0.25) is 0 Å². The van der Waals surface area contributed by atoms with Gasteiger partial charge < -0.3 is 4.74 Å². The van der Waals surface area contributed by atoms with Crippen LogP contribution in [0, 0.1) is 6.92 Å². The molecule has 0 fully saturated rings. The van der Waals surface area contributed by atoms with E-state index in [1.54, 1.807) is 12.1 Å². The van der Waals surface area contributed by atoms with Gasteiger partial charge in [0.15, 0.2) is 6.61 Å². The predicted octanol–water partition coefficient (Wildman–Crippen LogP) is 3.64. The van der Waals surface area contributed by atoms with Gasteiger partial charge in [0.1, 0.15) is 5.75 Å². The van der Waals surface area contributed by atoms with Crippen molar-refractivity contribution in [2.45, 2.75) is 18.7 Å². The topological polar surface area (TPSA) is 58.6 Å². The molecule has 0 aliphatic heterocycles. The normalized spacial score (nSPS) is 10.1. The van der Waals surface area contributed by atoms with Gasteiger partial charge in [0.25, 0.3) is 5.91 Å². The van der Waals surface area contributed by atoms with Gasteiger partial charge in [0.2, 0.25) is 0 Å². The van der Waals surface area contributed by atoms with Gasteiger partial charge in [-0.05, 0) is 50.1 Å². The minimum Gasteiger partial charge on any atom is -0.484 e. The first-order chi connectivity index (χ1) is 11.6. The average molecular weight is 344 g/mol. The number of carbonyl (C=O) groups excluding carboxylic acids is 2. The van der Waals surface area contributed by atoms with E-state index in [2.05, 4.69) is 5.32 Å². The molecule has 0 aromatic heterocycles. The van der Waals surface area contributed by atoms with Crippen LogP contribution in [0.3, 0.4) is 0 Å². The van der Waals surface area contributed by atoms with E-state index in [4.69, 9.17) is 4.74 Å². The molecule has 6 heteroatoms. The van der Waals surface area contributed by atoms with Crippen molar-refractivity contribution in [2.75, 3.05) is 13.2 Å². The summed E-state index contributed by atoms with van der Waals surface area (Å²) in [5, 5.41) is 2.34. The molecule has 2 aromatic rings. The molecule has 0 saturated carbocycles. The third-order valence-electron chi connectivity index (χ3n) is 3.11. The maximum atomic E-state index is 12.2. The summed E-state index contributed by atoms with van der Waals surface area (Å²) in [6.45, 7) is 4.08. The highest BCUT2D eigenvalue weighted by Crippen LogP contribution is 2.21. The number of hydrogen-bond acceptors (Lipinski definition) is 4. The lowest BCUT2D eigenvalue weighted by Gasteiger charge is -2.19. The second-order valence-electron chi connectivity index (χ2n) is 5.05. The van der Waals surface area contributed by atoms with Crippen molar-refractivity contribution in [1.29, 1.82) is 0 Å². The van der Waals surface area contributed by atoms with Crippen LogP contribution >= 0.6 is 11.9 Å². The fourth-order valence-electron chi connectivity index (χ4n) is 1.86. The fraction of sp³-hybridized carbons (Fsp3) is 0.222. The van der Waals surface area contributed by atoms with Crippen LogP contribution in [0.25, 0.3) is 0 Å². The summed E-state index contributed by atoms with van der Waals surface area (Å²) in [5.41, 5.74) is 1.11. The number of urea groups is 1. The Hall–Kier alpha value is -2.47. The van der Waals surface area contributed by atoms with Crippen molar-refractivity contribution >= 4 is 23.9 Å². The Labute approximate surface area is 146 Å². The van der Waals surface area contributed by atoms with Crippen molar-refractivity contribution in [2.24, 2.45) is 0 Å². The molecule has 24 heavy (non-hydrogen) atoms. The second kappa shape index (κ2) is 8.98. The van der Waals surface area contributed by atoms with E-state index >= 15 is 0 Å². The van der Waals surface area contributed by atoms with Crippen LogP contribution in [-0.2, 0) is 4.79 Å². The zero-order valence-corrected chi connectivity index (χ0v) is 14.5. The number of ether oxygens (including phenoxy) is 1. The van der Waals surface area contributed by atoms with E-state index < -0.39 is 11.9 Å². The zero-order valence-electron chi connectivity index (χ0n) is 13.7. The van der Waals surface area contributed by atoms with Gasteiger partial charge in [0.05, 0.1) is 0 Å². The molecule has 0 atom stereocenters. The molecule has 0 radical (unpaired) electrons. The SMILES string of the molecule is CCN(Sc1ccccc1)C(=O)NC(=O)COc1ccc(C)cc1. The Morgan fingerprint density at radius 1 is 1.08 bits per heavy atom. The van der Waals surface area contributed by atoms with E-state index in [-0.39, 0.29) is 6.61 Å². The van der Waals surface area contributed by atoms with Gasteiger partial charge in [-0.3, -0.25) is 14.4 Å². The number of nitrogens with zero attached hydrogens (tertiary/aromatic N) is 1. The Balaban J connectivity index is 1.83. The van der Waals surface area contributed by atoms with Crippen molar-refractivity contribution in [3.8, 4) is 5.75 Å². The molecule has 0 aliphatic carbocycles. The van der Waals surface area contributed by atoms with Crippen LogP contribution in [0.4, 0.5) is 4.79 Å². The molecule has 2 aromatic carbocycles. The van der Waals surface area contributed by atoms with Crippen LogP contribution in [0.15, 0.2) is 59.5 Å². The second-order valence-corrected chi connectivity index (χ2v) is 6.15. The van der Waals surface area contributed by atoms with Crippen molar-refractivity contribution in [3.05, 3.63) is 60.2 Å². The predicted molar refractivity (Wildman–Crippen MR) is 94.9 cm³/mol. The van der Waals surface area contributed by atoms with Crippen molar-refractivity contribution in [3.63, 3.8) is 0 Å². The lowest BCUT2D eigenvalue weighted by atomic mass is 10.2. The molecule has 2 rings (SSSR count). The fourth-order valence-corrected chi connectivity index (χ4v) is 2.65. The lowest BCUT2D eigenvalue weighted by Crippen LogP contribution is -2.41. The minimum atomic E-state index is -0.479. The van der Waals surface area contributed by atoms with Gasteiger partial charge in [-0.2, -0.15) is 0 Å². The first kappa shape index (κ1) is 17.9. The van der Waals surface area contributed by atoms with E-state index in [0.717, 1.165) is 10.5 Å². The van der Waals surface area contributed by atoms with Crippen LogP contribution in [0.5, 0.6) is 5.75 Å². The summed E-state index contributed by atoms with van der Waals surface area (Å²) in [5.74, 6) is 0.113. The van der Waals surface area contributed by atoms with Crippen molar-refractivity contribution in [1.82, 2.24) is 9.62 Å². The first-order valence-electron chi connectivity index (χ1n) is 7.62. The Bertz CT molecular complexity index is 674. The summed E-state index contributed by atoms with van der Waals surface area (Å²) >= 11 is 1.28. The van der Waals surface area contributed by atoms with Crippen LogP contribution in [-0.4, -0.2) is 29.4 Å². The molecule has 3 amide bonds. The Kier molecular flexibility index (Phi) is 6.69. The molecule has 0 bridgehead atoms. The van der Waals surface area contributed by atoms with Crippen LogP contribution < -0.4 is 10.1 Å². The van der Waals surface area contributed by atoms with Gasteiger partial charge >= 0.3 is 6.03 Å². The third-order valence-corrected chi connectivity index (χ3v) is 4.24. The molecule has 0 aliphatic rings.